The zero-order chi connectivity index (χ0) is 43.2. The number of para-hydroxylation sites is 3. The lowest BCUT2D eigenvalue weighted by molar-refractivity contribution is 0.590. The summed E-state index contributed by atoms with van der Waals surface area (Å²) in [6, 6.07) is 62.3. The molecule has 5 heterocycles. The van der Waals surface area contributed by atoms with Crippen LogP contribution in [0.1, 0.15) is 52.7 Å². The molecular formula is C58H46BN3O2. The predicted octanol–water partition coefficient (Wildman–Crippen LogP) is 14.1. The topological polar surface area (TPSA) is 37.7 Å². The zero-order valence-electron chi connectivity index (χ0n) is 36.9. The predicted molar refractivity (Wildman–Crippen MR) is 269 cm³/mol. The molecule has 13 rings (SSSR count). The minimum Gasteiger partial charge on any atom is -0.467 e. The molecule has 0 atom stereocenters. The Balaban J connectivity index is 1.17. The van der Waals surface area contributed by atoms with Crippen molar-refractivity contribution in [2.75, 3.05) is 9.80 Å². The van der Waals surface area contributed by atoms with Crippen molar-refractivity contribution in [2.24, 2.45) is 0 Å². The van der Waals surface area contributed by atoms with Crippen LogP contribution in [-0.2, 0) is 10.8 Å². The summed E-state index contributed by atoms with van der Waals surface area (Å²) in [6.07, 6.45) is 0. The molecule has 0 spiro atoms. The summed E-state index contributed by atoms with van der Waals surface area (Å²) in [4.78, 5) is 5.00. The fraction of sp³-hybridized carbons (Fsp3) is 0.138. The number of nitrogens with zero attached hydrogens (tertiary/aromatic N) is 3. The molecule has 11 aromatic rings. The van der Waals surface area contributed by atoms with E-state index in [1.54, 1.807) is 0 Å². The number of furan rings is 2. The maximum atomic E-state index is 7.55. The van der Waals surface area contributed by atoms with Crippen LogP contribution < -0.4 is 26.4 Å². The Morgan fingerprint density at radius 3 is 1.70 bits per heavy atom. The van der Waals surface area contributed by atoms with E-state index in [0.29, 0.717) is 0 Å². The molecule has 2 aliphatic heterocycles. The van der Waals surface area contributed by atoms with E-state index >= 15 is 0 Å². The van der Waals surface area contributed by atoms with E-state index in [4.69, 9.17) is 8.83 Å². The molecule has 0 amide bonds. The highest BCUT2D eigenvalue weighted by Crippen LogP contribution is 2.51. The van der Waals surface area contributed by atoms with Crippen LogP contribution in [0, 0.1) is 0 Å². The maximum Gasteiger partial charge on any atom is 0.297 e. The minimum atomic E-state index is -0.213. The van der Waals surface area contributed by atoms with Gasteiger partial charge in [-0.2, -0.15) is 0 Å². The Morgan fingerprint density at radius 2 is 1.03 bits per heavy atom. The molecule has 64 heavy (non-hydrogen) atoms. The van der Waals surface area contributed by atoms with E-state index in [1.165, 1.54) is 44.0 Å². The highest BCUT2D eigenvalue weighted by Gasteiger charge is 2.47. The Hall–Kier alpha value is -7.44. The van der Waals surface area contributed by atoms with E-state index < -0.39 is 0 Å². The van der Waals surface area contributed by atoms with Gasteiger partial charge in [0.2, 0.25) is 0 Å². The molecule has 6 heteroatoms. The molecule has 0 bridgehead atoms. The van der Waals surface area contributed by atoms with Gasteiger partial charge in [0.05, 0.1) is 33.5 Å². The smallest absolute Gasteiger partial charge is 0.297 e. The first-order valence-corrected chi connectivity index (χ1v) is 22.5. The monoisotopic (exact) mass is 827 g/mol. The summed E-state index contributed by atoms with van der Waals surface area (Å²) in [5, 5.41) is 5.55. The molecule has 0 unspecified atom stereocenters. The van der Waals surface area contributed by atoms with E-state index in [0.717, 1.165) is 78.2 Å². The van der Waals surface area contributed by atoms with Crippen LogP contribution in [0.15, 0.2) is 179 Å². The molecule has 0 N–H and O–H groups in total. The summed E-state index contributed by atoms with van der Waals surface area (Å²) in [7, 11) is 0. The first kappa shape index (κ1) is 37.1. The molecule has 8 aromatic carbocycles. The maximum absolute atomic E-state index is 7.55. The highest BCUT2D eigenvalue weighted by atomic mass is 16.3. The summed E-state index contributed by atoms with van der Waals surface area (Å²) >= 11 is 0. The fourth-order valence-corrected chi connectivity index (χ4v) is 10.8. The van der Waals surface area contributed by atoms with Crippen LogP contribution >= 0.6 is 0 Å². The first-order chi connectivity index (χ1) is 31.0. The van der Waals surface area contributed by atoms with E-state index in [1.807, 2.05) is 12.1 Å². The van der Waals surface area contributed by atoms with Crippen molar-refractivity contribution in [1.82, 2.24) is 4.57 Å². The number of hydrogen-bond acceptors (Lipinski definition) is 4. The lowest BCUT2D eigenvalue weighted by Gasteiger charge is -2.42. The van der Waals surface area contributed by atoms with Crippen molar-refractivity contribution >= 4 is 112 Å². The molecule has 0 radical (unpaired) electrons. The van der Waals surface area contributed by atoms with Crippen molar-refractivity contribution in [1.29, 1.82) is 0 Å². The van der Waals surface area contributed by atoms with Crippen molar-refractivity contribution in [2.45, 2.75) is 52.4 Å². The van der Waals surface area contributed by atoms with Gasteiger partial charge in [0.15, 0.2) is 0 Å². The van der Waals surface area contributed by atoms with Gasteiger partial charge in [0, 0.05) is 50.0 Å². The van der Waals surface area contributed by atoms with Gasteiger partial charge in [-0.15, -0.1) is 0 Å². The molecule has 5 nitrogen and oxygen atoms in total. The summed E-state index contributed by atoms with van der Waals surface area (Å²) in [6.45, 7) is 13.5. The third-order valence-corrected chi connectivity index (χ3v) is 13.9. The molecular weight excluding hydrogens is 781 g/mol. The van der Waals surface area contributed by atoms with Crippen LogP contribution in [0.25, 0.3) is 60.4 Å². The van der Waals surface area contributed by atoms with Gasteiger partial charge in [-0.25, -0.2) is 0 Å². The Bertz CT molecular complexity index is 3690. The van der Waals surface area contributed by atoms with Crippen LogP contribution in [0.3, 0.4) is 0 Å². The number of aromatic nitrogens is 1. The molecule has 0 saturated carbocycles. The summed E-state index contributed by atoms with van der Waals surface area (Å²) in [5.74, 6) is 0. The zero-order valence-corrected chi connectivity index (χ0v) is 36.9. The number of anilines is 6. The summed E-state index contributed by atoms with van der Waals surface area (Å²) in [5.41, 5.74) is 18.7. The minimum absolute atomic E-state index is 0.0121. The second-order valence-electron chi connectivity index (χ2n) is 19.7. The standard InChI is InChI=1S/C58H46BN3O2/c1-57(2,3)35-23-27-38(28-24-35)61-46-20-14-21-47-52(46)59(56-53(61)42-31-34-49-51(55(42)64-56)41-18-11-13-22-48(41)63-49)43-32-33-45-50(54(43)62(47)39-29-25-36(26-30-39)58(4,5)6)40-17-10-12-19-44(40)60(45)37-15-8-7-9-16-37/h7-34H,1-6H3. The number of fused-ring (bicyclic) bond motifs is 14. The van der Waals surface area contributed by atoms with Gasteiger partial charge in [0.25, 0.3) is 6.71 Å². The molecule has 0 saturated heterocycles. The third kappa shape index (κ3) is 5.14. The number of rotatable bonds is 3. The van der Waals surface area contributed by atoms with Gasteiger partial charge in [-0.1, -0.05) is 133 Å². The molecule has 3 aromatic heterocycles. The Labute approximate surface area is 372 Å². The average Bonchev–Trinajstić information content (AvgIpc) is 3.99. The second-order valence-corrected chi connectivity index (χ2v) is 19.7. The molecule has 0 aliphatic carbocycles. The van der Waals surface area contributed by atoms with E-state index in [2.05, 4.69) is 214 Å². The molecule has 0 fully saturated rings. The fourth-order valence-electron chi connectivity index (χ4n) is 10.8. The van der Waals surface area contributed by atoms with Crippen molar-refractivity contribution < 1.29 is 8.83 Å². The summed E-state index contributed by atoms with van der Waals surface area (Å²) < 4.78 is 16.5. The van der Waals surface area contributed by atoms with E-state index in [-0.39, 0.29) is 17.5 Å². The van der Waals surface area contributed by atoms with Gasteiger partial charge in [-0.3, -0.25) is 0 Å². The molecule has 308 valence electrons. The normalized spacial score (nSPS) is 13.7. The van der Waals surface area contributed by atoms with Crippen LogP contribution in [-0.4, -0.2) is 11.3 Å². The van der Waals surface area contributed by atoms with Crippen LogP contribution in [0.5, 0.6) is 0 Å². The molecule has 2 aliphatic rings. The number of benzene rings is 8. The van der Waals surface area contributed by atoms with Gasteiger partial charge in [-0.05, 0) is 112 Å². The number of hydrogen-bond donors (Lipinski definition) is 0. The van der Waals surface area contributed by atoms with Crippen molar-refractivity contribution in [3.8, 4) is 5.69 Å². The van der Waals surface area contributed by atoms with Gasteiger partial charge < -0.3 is 23.2 Å². The lowest BCUT2D eigenvalue weighted by Crippen LogP contribution is -2.61. The quantitative estimate of drug-likeness (QED) is 0.166. The van der Waals surface area contributed by atoms with Gasteiger partial charge in [0.1, 0.15) is 16.7 Å². The van der Waals surface area contributed by atoms with Crippen LogP contribution in [0.2, 0.25) is 0 Å². The second kappa shape index (κ2) is 13.1. The highest BCUT2D eigenvalue weighted by molar-refractivity contribution is 7.00. The third-order valence-electron chi connectivity index (χ3n) is 13.9. The van der Waals surface area contributed by atoms with E-state index in [9.17, 15) is 0 Å². The van der Waals surface area contributed by atoms with Gasteiger partial charge >= 0.3 is 0 Å². The van der Waals surface area contributed by atoms with Crippen LogP contribution in [0.4, 0.5) is 34.1 Å². The SMILES string of the molecule is CC(C)(C)c1ccc(N2c3cccc4c3B(c3ccc5c(c3N4c3ccc(C(C)(C)C)cc3)c3ccccc3n5-c3ccccc3)c3oc4c(ccc5oc6ccccc6c54)c32)cc1. The lowest BCUT2D eigenvalue weighted by atomic mass is 9.35. The van der Waals surface area contributed by atoms with Crippen molar-refractivity contribution in [3.05, 3.63) is 181 Å². The van der Waals surface area contributed by atoms with Crippen molar-refractivity contribution in [3.63, 3.8) is 0 Å². The average molecular weight is 828 g/mol. The Kier molecular flexibility index (Phi) is 7.58. The first-order valence-electron chi connectivity index (χ1n) is 22.5. The largest absolute Gasteiger partial charge is 0.467 e. The Morgan fingerprint density at radius 1 is 0.422 bits per heavy atom.